The van der Waals surface area contributed by atoms with E-state index in [1.807, 2.05) is 19.9 Å². The number of carbonyl (C=O) groups is 4. The number of halogens is 1. The van der Waals surface area contributed by atoms with Crippen molar-refractivity contribution in [2.24, 2.45) is 0 Å². The molecule has 224 valence electrons. The maximum absolute atomic E-state index is 13.8. The Morgan fingerprint density at radius 2 is 1.53 bits per heavy atom. The molecule has 5 amide bonds. The Balaban J connectivity index is 1.65. The van der Waals surface area contributed by atoms with Crippen LogP contribution in [0.25, 0.3) is 0 Å². The first-order chi connectivity index (χ1) is 20.4. The minimum atomic E-state index is -1.55. The molecule has 1 aliphatic heterocycles. The molecule has 2 atom stereocenters. The molecule has 1 heterocycles. The van der Waals surface area contributed by atoms with Crippen molar-refractivity contribution in [3.05, 3.63) is 99.4 Å². The summed E-state index contributed by atoms with van der Waals surface area (Å²) in [5.74, 6) is -2.80. The van der Waals surface area contributed by atoms with E-state index >= 15 is 0 Å². The lowest BCUT2D eigenvalue weighted by Crippen LogP contribution is -2.56. The summed E-state index contributed by atoms with van der Waals surface area (Å²) in [5.41, 5.74) is 2.18. The van der Waals surface area contributed by atoms with E-state index in [-0.39, 0.29) is 30.0 Å². The van der Waals surface area contributed by atoms with Crippen LogP contribution < -0.4 is 16.0 Å². The quantitative estimate of drug-likeness (QED) is 0.222. The zero-order valence-electron chi connectivity index (χ0n) is 23.2. The maximum Gasteiger partial charge on any atom is 0.323 e. The minimum absolute atomic E-state index is 0.0638. The Labute approximate surface area is 245 Å². The number of amides is 5. The Morgan fingerprint density at radius 1 is 0.930 bits per heavy atom. The highest BCUT2D eigenvalue weighted by atomic mass is 19.1. The lowest BCUT2D eigenvalue weighted by atomic mass is 10.0. The molecule has 3 aromatic rings. The number of aryl methyl sites for hydroxylation is 2. The van der Waals surface area contributed by atoms with Crippen LogP contribution in [-0.2, 0) is 9.59 Å². The number of nitrogens with one attached hydrogen (secondary N) is 3. The van der Waals surface area contributed by atoms with Gasteiger partial charge in [-0.3, -0.25) is 29.5 Å². The number of hydrogen-bond donors (Lipinski definition) is 4. The third-order valence-electron chi connectivity index (χ3n) is 6.66. The molecule has 0 saturated carbocycles. The smallest absolute Gasteiger partial charge is 0.323 e. The Kier molecular flexibility index (Phi) is 9.18. The topological polar surface area (TPSA) is 174 Å². The number of rotatable bonds is 8. The first kappa shape index (κ1) is 30.4. The van der Waals surface area contributed by atoms with Gasteiger partial charge in [0.2, 0.25) is 0 Å². The summed E-state index contributed by atoms with van der Waals surface area (Å²) >= 11 is 0. The van der Waals surface area contributed by atoms with Gasteiger partial charge < -0.3 is 21.1 Å². The first-order valence-corrected chi connectivity index (χ1v) is 13.2. The van der Waals surface area contributed by atoms with E-state index in [1.165, 1.54) is 36.4 Å². The molecule has 4 rings (SSSR count). The van der Waals surface area contributed by atoms with Crippen molar-refractivity contribution < 1.29 is 33.6 Å². The van der Waals surface area contributed by atoms with Crippen LogP contribution in [0.4, 0.5) is 31.0 Å². The van der Waals surface area contributed by atoms with E-state index < -0.39 is 53.3 Å². The fraction of sp³-hybridized carbons (Fsp3) is 0.241. The Morgan fingerprint density at radius 3 is 2.12 bits per heavy atom. The highest BCUT2D eigenvalue weighted by Crippen LogP contribution is 2.25. The van der Waals surface area contributed by atoms with E-state index in [4.69, 9.17) is 0 Å². The lowest BCUT2D eigenvalue weighted by molar-refractivity contribution is -0.384. The molecule has 14 heteroatoms. The summed E-state index contributed by atoms with van der Waals surface area (Å²) in [6, 6.07) is 12.9. The van der Waals surface area contributed by atoms with Crippen LogP contribution in [0.1, 0.15) is 29.2 Å². The number of nitro groups is 1. The number of aliphatic carboxylic acids is 1. The van der Waals surface area contributed by atoms with Gasteiger partial charge in [0.05, 0.1) is 17.4 Å². The normalized spacial score (nSPS) is 15.0. The summed E-state index contributed by atoms with van der Waals surface area (Å²) in [6.45, 7) is 3.55. The summed E-state index contributed by atoms with van der Waals surface area (Å²) in [4.78, 5) is 65.0. The second-order valence-electron chi connectivity index (χ2n) is 10.0. The van der Waals surface area contributed by atoms with E-state index in [2.05, 4.69) is 16.0 Å². The van der Waals surface area contributed by atoms with Gasteiger partial charge >= 0.3 is 18.0 Å². The predicted molar refractivity (Wildman–Crippen MR) is 154 cm³/mol. The molecule has 13 nitrogen and oxygen atoms in total. The van der Waals surface area contributed by atoms with Crippen molar-refractivity contribution in [2.45, 2.75) is 32.5 Å². The molecule has 0 spiro atoms. The Bertz CT molecular complexity index is 1560. The van der Waals surface area contributed by atoms with Crippen LogP contribution >= 0.6 is 0 Å². The van der Waals surface area contributed by atoms with Crippen molar-refractivity contribution in [1.82, 2.24) is 15.1 Å². The van der Waals surface area contributed by atoms with Crippen LogP contribution in [0.5, 0.6) is 0 Å². The van der Waals surface area contributed by atoms with Crippen molar-refractivity contribution >= 4 is 41.0 Å². The molecule has 3 aromatic carbocycles. The first-order valence-electron chi connectivity index (χ1n) is 13.2. The van der Waals surface area contributed by atoms with Gasteiger partial charge in [0, 0.05) is 36.6 Å². The standard InChI is InChI=1S/C29H29FN6O7/c1-17-11-18(2)13-22(12-17)32-29(41)35-10-9-34(28(40)31-21-7-4-6-20(30)15-21)27(35)26(39)33-24(16-25(37)38)19-5-3-8-23(14-19)36(42)43/h3-8,11-15,24,27H,9-10,16H2,1-2H3,(H,31,40)(H,32,41)(H,33,39)(H,37,38). The third kappa shape index (κ3) is 7.61. The van der Waals surface area contributed by atoms with Gasteiger partial charge in [-0.1, -0.05) is 24.3 Å². The number of anilines is 2. The van der Waals surface area contributed by atoms with Crippen LogP contribution in [0.2, 0.25) is 0 Å². The monoisotopic (exact) mass is 592 g/mol. The number of benzene rings is 3. The fourth-order valence-electron chi connectivity index (χ4n) is 4.87. The summed E-state index contributed by atoms with van der Waals surface area (Å²) in [7, 11) is 0. The van der Waals surface area contributed by atoms with Gasteiger partial charge in [0.15, 0.2) is 6.17 Å². The lowest BCUT2D eigenvalue weighted by Gasteiger charge is -2.31. The highest BCUT2D eigenvalue weighted by molar-refractivity contribution is 5.98. The number of carboxylic acid groups (broad SMARTS) is 1. The Hall–Kier alpha value is -5.53. The summed E-state index contributed by atoms with van der Waals surface area (Å²) in [6.07, 6.45) is -2.18. The van der Waals surface area contributed by atoms with Gasteiger partial charge in [0.25, 0.3) is 11.6 Å². The average Bonchev–Trinajstić information content (AvgIpc) is 3.38. The molecule has 1 aliphatic rings. The molecular formula is C29H29FN6O7. The number of urea groups is 2. The van der Waals surface area contributed by atoms with Crippen LogP contribution in [0.3, 0.4) is 0 Å². The van der Waals surface area contributed by atoms with Crippen molar-refractivity contribution in [2.75, 3.05) is 23.7 Å². The number of nitrogens with zero attached hydrogens (tertiary/aromatic N) is 3. The SMILES string of the molecule is Cc1cc(C)cc(NC(=O)N2CCN(C(=O)Nc3cccc(F)c3)C2C(=O)NC(CC(=O)O)c2cccc([N+](=O)[O-])c2)c1. The molecule has 2 unspecified atom stereocenters. The predicted octanol–water partition coefficient (Wildman–Crippen LogP) is 4.39. The molecule has 4 N–H and O–H groups in total. The van der Waals surface area contributed by atoms with E-state index in [0.717, 1.165) is 33.1 Å². The van der Waals surface area contributed by atoms with Crippen molar-refractivity contribution in [1.29, 1.82) is 0 Å². The van der Waals surface area contributed by atoms with E-state index in [9.17, 15) is 38.8 Å². The number of nitro benzene ring substituents is 1. The average molecular weight is 593 g/mol. The van der Waals surface area contributed by atoms with Crippen LogP contribution in [-0.4, -0.2) is 63.0 Å². The minimum Gasteiger partial charge on any atom is -0.481 e. The second-order valence-corrected chi connectivity index (χ2v) is 10.0. The van der Waals surface area contributed by atoms with Gasteiger partial charge in [0.1, 0.15) is 5.82 Å². The number of non-ortho nitro benzene ring substituents is 1. The van der Waals surface area contributed by atoms with Crippen LogP contribution in [0.15, 0.2) is 66.7 Å². The maximum atomic E-state index is 13.8. The van der Waals surface area contributed by atoms with E-state index in [1.54, 1.807) is 12.1 Å². The molecule has 0 aliphatic carbocycles. The summed E-state index contributed by atoms with van der Waals surface area (Å²) in [5, 5.41) is 28.6. The van der Waals surface area contributed by atoms with Gasteiger partial charge in [-0.15, -0.1) is 0 Å². The number of carbonyl (C=O) groups excluding carboxylic acids is 3. The third-order valence-corrected chi connectivity index (χ3v) is 6.66. The van der Waals surface area contributed by atoms with Crippen molar-refractivity contribution in [3.8, 4) is 0 Å². The zero-order chi connectivity index (χ0) is 31.3. The second kappa shape index (κ2) is 13.0. The molecule has 1 saturated heterocycles. The van der Waals surface area contributed by atoms with Crippen LogP contribution in [0, 0.1) is 29.8 Å². The molecule has 0 aromatic heterocycles. The zero-order valence-corrected chi connectivity index (χ0v) is 23.2. The largest absolute Gasteiger partial charge is 0.481 e. The highest BCUT2D eigenvalue weighted by Gasteiger charge is 2.43. The van der Waals surface area contributed by atoms with Gasteiger partial charge in [-0.05, 0) is 60.9 Å². The molecule has 0 radical (unpaired) electrons. The molecular weight excluding hydrogens is 563 g/mol. The van der Waals surface area contributed by atoms with E-state index in [0.29, 0.717) is 5.69 Å². The van der Waals surface area contributed by atoms with Crippen molar-refractivity contribution in [3.63, 3.8) is 0 Å². The molecule has 43 heavy (non-hydrogen) atoms. The van der Waals surface area contributed by atoms with Gasteiger partial charge in [-0.2, -0.15) is 0 Å². The number of carboxylic acids is 1. The van der Waals surface area contributed by atoms with Gasteiger partial charge in [-0.25, -0.2) is 14.0 Å². The fourth-order valence-corrected chi connectivity index (χ4v) is 4.87. The molecule has 1 fully saturated rings. The molecule has 0 bridgehead atoms. The number of hydrogen-bond acceptors (Lipinski definition) is 6. The summed E-state index contributed by atoms with van der Waals surface area (Å²) < 4.78 is 13.7.